The van der Waals surface area contributed by atoms with Crippen LogP contribution in [0.25, 0.3) is 0 Å². The van der Waals surface area contributed by atoms with Crippen LogP contribution in [0, 0.1) is 0 Å². The van der Waals surface area contributed by atoms with Gasteiger partial charge in [-0.2, -0.15) is 0 Å². The van der Waals surface area contributed by atoms with Crippen LogP contribution in [0.15, 0.2) is 54.1 Å². The molecule has 0 aromatic heterocycles. The second kappa shape index (κ2) is 8.65. The number of amides is 2. The Morgan fingerprint density at radius 1 is 0.923 bits per heavy atom. The lowest BCUT2D eigenvalue weighted by molar-refractivity contribution is -0.114. The van der Waals surface area contributed by atoms with E-state index in [1.165, 1.54) is 13.8 Å². The van der Waals surface area contributed by atoms with Crippen LogP contribution < -0.4 is 10.6 Å². The Kier molecular flexibility index (Phi) is 6.55. The summed E-state index contributed by atoms with van der Waals surface area (Å²) in [4.78, 5) is 35.5. The summed E-state index contributed by atoms with van der Waals surface area (Å²) in [5.74, 6) is -1.00. The Morgan fingerprint density at radius 2 is 1.58 bits per heavy atom. The summed E-state index contributed by atoms with van der Waals surface area (Å²) in [7, 11) is 0. The maximum atomic E-state index is 12.2. The topological polar surface area (TPSA) is 75.3 Å². The van der Waals surface area contributed by atoms with E-state index in [4.69, 9.17) is 23.2 Å². The minimum atomic E-state index is -0.506. The quantitative estimate of drug-likeness (QED) is 0.572. The predicted octanol–water partition coefficient (Wildman–Crippen LogP) is 4.72. The molecule has 0 spiro atoms. The molecule has 7 heteroatoms. The number of carbonyl (C=O) groups is 3. The van der Waals surface area contributed by atoms with Gasteiger partial charge in [0.15, 0.2) is 5.78 Å². The summed E-state index contributed by atoms with van der Waals surface area (Å²) in [6, 6.07) is 11.3. The van der Waals surface area contributed by atoms with E-state index in [0.717, 1.165) is 6.08 Å². The summed E-state index contributed by atoms with van der Waals surface area (Å²) in [6.45, 7) is 2.98. The highest BCUT2D eigenvalue weighted by Gasteiger charge is 2.10. The number of benzene rings is 2. The molecular formula is C19H16Cl2N2O3. The molecule has 2 aromatic carbocycles. The van der Waals surface area contributed by atoms with Crippen LogP contribution >= 0.6 is 23.2 Å². The van der Waals surface area contributed by atoms with Gasteiger partial charge in [0.2, 0.25) is 5.91 Å². The summed E-state index contributed by atoms with van der Waals surface area (Å²) in [6.07, 6.45) is 1.16. The second-order valence-electron chi connectivity index (χ2n) is 5.51. The van der Waals surface area contributed by atoms with Crippen molar-refractivity contribution >= 4 is 52.2 Å². The zero-order valence-electron chi connectivity index (χ0n) is 14.1. The highest BCUT2D eigenvalue weighted by atomic mass is 35.5. The van der Waals surface area contributed by atoms with E-state index in [-0.39, 0.29) is 16.4 Å². The van der Waals surface area contributed by atoms with Crippen LogP contribution in [0.3, 0.4) is 0 Å². The van der Waals surface area contributed by atoms with Crippen LogP contribution in [0.2, 0.25) is 10.0 Å². The van der Waals surface area contributed by atoms with Gasteiger partial charge in [-0.1, -0.05) is 29.3 Å². The van der Waals surface area contributed by atoms with Gasteiger partial charge in [-0.3, -0.25) is 14.4 Å². The molecule has 0 saturated carbocycles. The number of nitrogens with one attached hydrogen (secondary N) is 2. The molecule has 0 unspecified atom stereocenters. The molecule has 0 aliphatic carbocycles. The third-order valence-corrected chi connectivity index (χ3v) is 4.28. The SMILES string of the molecule is CC(=O)c1ccc(NC(=O)/C(C)=C\C(=O)Nc2cccc(Cl)c2Cl)cc1. The monoisotopic (exact) mass is 390 g/mol. The third kappa shape index (κ3) is 5.18. The summed E-state index contributed by atoms with van der Waals surface area (Å²) >= 11 is 11.9. The number of halogens is 2. The average molecular weight is 391 g/mol. The maximum absolute atomic E-state index is 12.2. The van der Waals surface area contributed by atoms with Gasteiger partial charge >= 0.3 is 0 Å². The minimum absolute atomic E-state index is 0.0599. The van der Waals surface area contributed by atoms with E-state index in [1.54, 1.807) is 42.5 Å². The zero-order chi connectivity index (χ0) is 19.3. The number of anilines is 2. The lowest BCUT2D eigenvalue weighted by Gasteiger charge is -2.08. The van der Waals surface area contributed by atoms with Crippen LogP contribution in [-0.2, 0) is 9.59 Å². The smallest absolute Gasteiger partial charge is 0.251 e. The van der Waals surface area contributed by atoms with Gasteiger partial charge in [0.1, 0.15) is 0 Å². The van der Waals surface area contributed by atoms with Crippen LogP contribution in [0.1, 0.15) is 24.2 Å². The molecule has 0 bridgehead atoms. The van der Waals surface area contributed by atoms with Crippen molar-refractivity contribution in [2.75, 3.05) is 10.6 Å². The molecule has 5 nitrogen and oxygen atoms in total. The number of Topliss-reactive ketones (excluding diaryl/α,β-unsaturated/α-hetero) is 1. The van der Waals surface area contributed by atoms with Gasteiger partial charge in [0.25, 0.3) is 5.91 Å². The Bertz CT molecular complexity index is 890. The Hall–Kier alpha value is -2.63. The second-order valence-corrected chi connectivity index (χ2v) is 6.29. The van der Waals surface area contributed by atoms with Crippen molar-refractivity contribution < 1.29 is 14.4 Å². The number of rotatable bonds is 5. The highest BCUT2D eigenvalue weighted by molar-refractivity contribution is 6.44. The molecule has 0 atom stereocenters. The van der Waals surface area contributed by atoms with Crippen molar-refractivity contribution in [3.05, 3.63) is 69.7 Å². The highest BCUT2D eigenvalue weighted by Crippen LogP contribution is 2.29. The Morgan fingerprint density at radius 3 is 2.19 bits per heavy atom. The molecule has 134 valence electrons. The Labute approximate surface area is 161 Å². The van der Waals surface area contributed by atoms with Gasteiger partial charge in [-0.05, 0) is 50.2 Å². The van der Waals surface area contributed by atoms with E-state index >= 15 is 0 Å². The lowest BCUT2D eigenvalue weighted by atomic mass is 10.1. The molecule has 0 aliphatic rings. The predicted molar refractivity (Wildman–Crippen MR) is 104 cm³/mol. The molecule has 0 aliphatic heterocycles. The van der Waals surface area contributed by atoms with Crippen molar-refractivity contribution in [2.24, 2.45) is 0 Å². The van der Waals surface area contributed by atoms with E-state index in [9.17, 15) is 14.4 Å². The molecule has 2 rings (SSSR count). The van der Waals surface area contributed by atoms with Crippen LogP contribution in [-0.4, -0.2) is 17.6 Å². The van der Waals surface area contributed by atoms with Crippen LogP contribution in [0.5, 0.6) is 0 Å². The van der Waals surface area contributed by atoms with Gasteiger partial charge < -0.3 is 10.6 Å². The normalized spacial score (nSPS) is 11.0. The maximum Gasteiger partial charge on any atom is 0.251 e. The van der Waals surface area contributed by atoms with Crippen molar-refractivity contribution in [3.63, 3.8) is 0 Å². The molecule has 0 fully saturated rings. The standard InChI is InChI=1S/C19H16Cl2N2O3/c1-11(10-17(25)23-16-5-3-4-15(20)18(16)21)19(26)22-14-8-6-13(7-9-14)12(2)24/h3-10H,1-2H3,(H,22,26)(H,23,25)/b11-10-. The number of hydrogen-bond donors (Lipinski definition) is 2. The first-order valence-corrected chi connectivity index (χ1v) is 8.39. The average Bonchev–Trinajstić information content (AvgIpc) is 2.59. The molecule has 0 radical (unpaired) electrons. The fourth-order valence-electron chi connectivity index (χ4n) is 2.05. The van der Waals surface area contributed by atoms with Gasteiger partial charge in [-0.15, -0.1) is 0 Å². The van der Waals surface area contributed by atoms with E-state index in [2.05, 4.69) is 10.6 Å². The summed E-state index contributed by atoms with van der Waals surface area (Å²) < 4.78 is 0. The number of hydrogen-bond acceptors (Lipinski definition) is 3. The molecule has 0 heterocycles. The Balaban J connectivity index is 2.03. The number of ketones is 1. The van der Waals surface area contributed by atoms with Gasteiger partial charge in [0.05, 0.1) is 15.7 Å². The largest absolute Gasteiger partial charge is 0.322 e. The first-order valence-electron chi connectivity index (χ1n) is 7.63. The molecule has 2 aromatic rings. The van der Waals surface area contributed by atoms with Crippen molar-refractivity contribution in [1.29, 1.82) is 0 Å². The first kappa shape index (κ1) is 19.7. The van der Waals surface area contributed by atoms with E-state index < -0.39 is 11.8 Å². The third-order valence-electron chi connectivity index (χ3n) is 3.46. The zero-order valence-corrected chi connectivity index (χ0v) is 15.6. The fourth-order valence-corrected chi connectivity index (χ4v) is 2.40. The molecular weight excluding hydrogens is 375 g/mol. The number of carbonyl (C=O) groups excluding carboxylic acids is 3. The summed E-state index contributed by atoms with van der Waals surface area (Å²) in [5.41, 5.74) is 1.63. The van der Waals surface area contributed by atoms with Crippen LogP contribution in [0.4, 0.5) is 11.4 Å². The molecule has 2 amide bonds. The van der Waals surface area contributed by atoms with E-state index in [0.29, 0.717) is 22.0 Å². The van der Waals surface area contributed by atoms with Gasteiger partial charge in [0, 0.05) is 22.9 Å². The van der Waals surface area contributed by atoms with Crippen molar-refractivity contribution in [2.45, 2.75) is 13.8 Å². The minimum Gasteiger partial charge on any atom is -0.322 e. The van der Waals surface area contributed by atoms with E-state index in [1.807, 2.05) is 0 Å². The summed E-state index contributed by atoms with van der Waals surface area (Å²) in [5, 5.41) is 5.77. The first-order chi connectivity index (χ1) is 12.3. The lowest BCUT2D eigenvalue weighted by Crippen LogP contribution is -2.16. The molecule has 2 N–H and O–H groups in total. The van der Waals surface area contributed by atoms with Gasteiger partial charge in [-0.25, -0.2) is 0 Å². The molecule has 0 saturated heterocycles. The van der Waals surface area contributed by atoms with Crippen molar-refractivity contribution in [1.82, 2.24) is 0 Å². The van der Waals surface area contributed by atoms with Crippen molar-refractivity contribution in [3.8, 4) is 0 Å². The molecule has 26 heavy (non-hydrogen) atoms. The fraction of sp³-hybridized carbons (Fsp3) is 0.105.